The highest BCUT2D eigenvalue weighted by Gasteiger charge is 2.52. The van der Waals surface area contributed by atoms with E-state index in [2.05, 4.69) is 11.7 Å². The molecule has 101 valence electrons. The van der Waals surface area contributed by atoms with E-state index in [1.165, 1.54) is 0 Å². The van der Waals surface area contributed by atoms with Crippen molar-refractivity contribution >= 4 is 12.3 Å². The van der Waals surface area contributed by atoms with Crippen molar-refractivity contribution in [3.05, 3.63) is 6.42 Å². The van der Waals surface area contributed by atoms with Gasteiger partial charge in [-0.15, -0.1) is 0 Å². The Morgan fingerprint density at radius 2 is 2.50 bits per heavy atom. The van der Waals surface area contributed by atoms with Crippen LogP contribution in [0, 0.1) is 6.42 Å². The molecule has 4 N–H and O–H groups in total. The van der Waals surface area contributed by atoms with Crippen LogP contribution in [0.25, 0.3) is 0 Å². The Morgan fingerprint density at radius 3 is 3.17 bits per heavy atom. The number of β-amino-alcohol motifs (C(OH)–C–C–N with tert-alkyl or cyclic N) is 1. The van der Waals surface area contributed by atoms with Crippen LogP contribution in [0.15, 0.2) is 0 Å². The van der Waals surface area contributed by atoms with Gasteiger partial charge in [-0.1, -0.05) is 0 Å². The summed E-state index contributed by atoms with van der Waals surface area (Å²) in [6.45, 7) is 0.577. The summed E-state index contributed by atoms with van der Waals surface area (Å²) in [4.78, 5) is 24.0. The number of aliphatic hydroxyl groups is 1. The Balaban J connectivity index is 2.05. The molecule has 0 spiro atoms. The lowest BCUT2D eigenvalue weighted by Crippen LogP contribution is -2.60. The second kappa shape index (κ2) is 5.24. The molecule has 3 atom stereocenters. The van der Waals surface area contributed by atoms with Gasteiger partial charge in [-0.05, 0) is 32.1 Å². The molecule has 18 heavy (non-hydrogen) atoms. The molecule has 6 heteroatoms. The minimum atomic E-state index is -0.673. The van der Waals surface area contributed by atoms with Crippen LogP contribution in [-0.4, -0.2) is 53.1 Å². The number of amides is 2. The average Bonchev–Trinajstić information content (AvgIpc) is 2.56. The predicted molar refractivity (Wildman–Crippen MR) is 65.3 cm³/mol. The first-order valence-corrected chi connectivity index (χ1v) is 6.33. The van der Waals surface area contributed by atoms with Gasteiger partial charge in [-0.2, -0.15) is 0 Å². The minimum absolute atomic E-state index is 0.200. The second-order valence-corrected chi connectivity index (χ2v) is 5.15. The molecule has 1 radical (unpaired) electrons. The van der Waals surface area contributed by atoms with Crippen LogP contribution >= 0.6 is 0 Å². The standard InChI is InChI=1S/C12H20N3O3/c13-11(18)12-4-1-2-9(3-5-12)15(12)7-10(17)6-14-8-16/h1,8-10,17H,2-7H2,(H2,13,18)(H,14,16)/t9-,10?,12+/m1/s1. The van der Waals surface area contributed by atoms with Crippen molar-refractivity contribution in [1.29, 1.82) is 0 Å². The number of carbonyl (C=O) groups is 2. The minimum Gasteiger partial charge on any atom is -0.390 e. The zero-order chi connectivity index (χ0) is 13.2. The molecular formula is C12H20N3O3. The number of fused-ring (bicyclic) bond motifs is 2. The van der Waals surface area contributed by atoms with Crippen LogP contribution in [0.3, 0.4) is 0 Å². The maximum atomic E-state index is 11.7. The second-order valence-electron chi connectivity index (χ2n) is 5.15. The number of rotatable bonds is 6. The smallest absolute Gasteiger partial charge is 0.237 e. The van der Waals surface area contributed by atoms with Crippen molar-refractivity contribution in [2.24, 2.45) is 5.73 Å². The largest absolute Gasteiger partial charge is 0.390 e. The molecule has 0 aromatic heterocycles. The van der Waals surface area contributed by atoms with Crippen LogP contribution in [0.4, 0.5) is 0 Å². The van der Waals surface area contributed by atoms with Crippen LogP contribution < -0.4 is 11.1 Å². The normalized spacial score (nSPS) is 33.1. The summed E-state index contributed by atoms with van der Waals surface area (Å²) in [6.07, 6.45) is 5.30. The van der Waals surface area contributed by atoms with E-state index in [4.69, 9.17) is 5.73 Å². The van der Waals surface area contributed by atoms with Gasteiger partial charge in [-0.3, -0.25) is 14.5 Å². The van der Waals surface area contributed by atoms with Gasteiger partial charge in [0.05, 0.1) is 6.10 Å². The monoisotopic (exact) mass is 254 g/mol. The summed E-state index contributed by atoms with van der Waals surface area (Å²) in [5, 5.41) is 12.3. The fourth-order valence-electron chi connectivity index (χ4n) is 3.20. The van der Waals surface area contributed by atoms with Crippen molar-refractivity contribution in [3.8, 4) is 0 Å². The van der Waals surface area contributed by atoms with Gasteiger partial charge in [0, 0.05) is 19.1 Å². The summed E-state index contributed by atoms with van der Waals surface area (Å²) in [6, 6.07) is 0.289. The number of piperidine rings is 1. The van der Waals surface area contributed by atoms with Crippen LogP contribution in [-0.2, 0) is 9.59 Å². The van der Waals surface area contributed by atoms with E-state index < -0.39 is 11.6 Å². The van der Waals surface area contributed by atoms with Crippen molar-refractivity contribution in [2.75, 3.05) is 13.1 Å². The van der Waals surface area contributed by atoms with E-state index in [-0.39, 0.29) is 18.5 Å². The number of primary amides is 1. The summed E-state index contributed by atoms with van der Waals surface area (Å²) < 4.78 is 0. The number of hydrogen-bond acceptors (Lipinski definition) is 4. The molecule has 0 aromatic carbocycles. The molecule has 2 aliphatic heterocycles. The lowest BCUT2D eigenvalue weighted by atomic mass is 9.87. The molecule has 2 heterocycles. The highest BCUT2D eigenvalue weighted by atomic mass is 16.3. The molecule has 2 saturated heterocycles. The number of aliphatic hydroxyl groups excluding tert-OH is 1. The number of nitrogens with two attached hydrogens (primary N) is 1. The third-order valence-corrected chi connectivity index (χ3v) is 4.11. The van der Waals surface area contributed by atoms with Crippen molar-refractivity contribution in [1.82, 2.24) is 10.2 Å². The molecule has 2 rings (SSSR count). The first-order valence-electron chi connectivity index (χ1n) is 6.33. The molecule has 2 bridgehead atoms. The summed E-state index contributed by atoms with van der Waals surface area (Å²) in [5.41, 5.74) is 4.93. The average molecular weight is 254 g/mol. The maximum Gasteiger partial charge on any atom is 0.237 e. The van der Waals surface area contributed by atoms with E-state index in [9.17, 15) is 14.7 Å². The van der Waals surface area contributed by atoms with Crippen LogP contribution in [0.5, 0.6) is 0 Å². The van der Waals surface area contributed by atoms with Gasteiger partial charge in [0.25, 0.3) is 0 Å². The SMILES string of the molecule is NC(=O)[C@]12C[CH]C[C@H](CC1)N2CC(O)CNC=O. The first-order chi connectivity index (χ1) is 8.60. The quantitative estimate of drug-likeness (QED) is 0.518. The van der Waals surface area contributed by atoms with Gasteiger partial charge < -0.3 is 16.2 Å². The lowest BCUT2D eigenvalue weighted by molar-refractivity contribution is -0.131. The Morgan fingerprint density at radius 1 is 1.72 bits per heavy atom. The third kappa shape index (κ3) is 2.22. The third-order valence-electron chi connectivity index (χ3n) is 4.11. The van der Waals surface area contributed by atoms with Crippen molar-refractivity contribution < 1.29 is 14.7 Å². The Bertz CT molecular complexity index is 333. The lowest BCUT2D eigenvalue weighted by Gasteiger charge is -2.43. The molecule has 0 aromatic rings. The topological polar surface area (TPSA) is 95.7 Å². The molecule has 2 fully saturated rings. The molecular weight excluding hydrogens is 234 g/mol. The molecule has 0 aliphatic carbocycles. The van der Waals surface area contributed by atoms with Crippen molar-refractivity contribution in [3.63, 3.8) is 0 Å². The number of nitrogens with zero attached hydrogens (tertiary/aromatic N) is 1. The zero-order valence-corrected chi connectivity index (χ0v) is 10.3. The first kappa shape index (κ1) is 13.3. The molecule has 2 amide bonds. The molecule has 2 aliphatic rings. The number of hydrogen-bond donors (Lipinski definition) is 3. The van der Waals surface area contributed by atoms with E-state index in [1.54, 1.807) is 0 Å². The summed E-state index contributed by atoms with van der Waals surface area (Å²) >= 11 is 0. The fraction of sp³-hybridized carbons (Fsp3) is 0.750. The van der Waals surface area contributed by atoms with Gasteiger partial charge in [-0.25, -0.2) is 0 Å². The summed E-state index contributed by atoms with van der Waals surface area (Å²) in [5.74, 6) is -0.309. The van der Waals surface area contributed by atoms with E-state index in [0.29, 0.717) is 19.4 Å². The van der Waals surface area contributed by atoms with E-state index in [1.807, 2.05) is 4.90 Å². The molecule has 6 nitrogen and oxygen atoms in total. The summed E-state index contributed by atoms with van der Waals surface area (Å²) in [7, 11) is 0. The molecule has 0 saturated carbocycles. The van der Waals surface area contributed by atoms with Crippen LogP contribution in [0.1, 0.15) is 25.7 Å². The number of carbonyl (C=O) groups excluding carboxylic acids is 2. The highest BCUT2D eigenvalue weighted by molar-refractivity contribution is 5.85. The van der Waals surface area contributed by atoms with E-state index >= 15 is 0 Å². The predicted octanol–water partition coefficient (Wildman–Crippen LogP) is -1.22. The highest BCUT2D eigenvalue weighted by Crippen LogP contribution is 2.43. The Hall–Kier alpha value is -1.14. The number of nitrogens with one attached hydrogen (secondary N) is 1. The zero-order valence-electron chi connectivity index (χ0n) is 10.3. The Kier molecular flexibility index (Phi) is 3.87. The fourth-order valence-corrected chi connectivity index (χ4v) is 3.20. The van der Waals surface area contributed by atoms with Gasteiger partial charge in [0.2, 0.25) is 12.3 Å². The Labute approximate surface area is 107 Å². The van der Waals surface area contributed by atoms with Crippen molar-refractivity contribution in [2.45, 2.75) is 43.4 Å². The van der Waals surface area contributed by atoms with Gasteiger partial charge >= 0.3 is 0 Å². The van der Waals surface area contributed by atoms with Gasteiger partial charge in [0.15, 0.2) is 0 Å². The van der Waals surface area contributed by atoms with Gasteiger partial charge in [0.1, 0.15) is 5.54 Å². The van der Waals surface area contributed by atoms with E-state index in [0.717, 1.165) is 19.3 Å². The maximum absolute atomic E-state index is 11.7. The molecule has 1 unspecified atom stereocenters. The van der Waals surface area contributed by atoms with Crippen LogP contribution in [0.2, 0.25) is 0 Å².